The zero-order valence-corrected chi connectivity index (χ0v) is 12.5. The minimum absolute atomic E-state index is 0.170. The number of nitrogens with zero attached hydrogens (tertiary/aromatic N) is 1. The second-order valence-corrected chi connectivity index (χ2v) is 4.93. The Bertz CT molecular complexity index is 634. The number of methoxy groups -OCH3 is 1. The lowest BCUT2D eigenvalue weighted by molar-refractivity contribution is 0.0564. The number of oxazole rings is 1. The molecule has 0 radical (unpaired) electrons. The van der Waals surface area contributed by atoms with Crippen LogP contribution in [0.25, 0.3) is 11.5 Å². The first-order chi connectivity index (χ1) is 9.56. The fraction of sp³-hybridized carbons (Fsp3) is 0.333. The van der Waals surface area contributed by atoms with E-state index in [2.05, 4.69) is 4.98 Å². The molecule has 1 heterocycles. The van der Waals surface area contributed by atoms with Crippen molar-refractivity contribution in [3.8, 4) is 11.5 Å². The topological polar surface area (TPSA) is 52.3 Å². The average molecular weight is 294 g/mol. The van der Waals surface area contributed by atoms with Crippen LogP contribution in [0.2, 0.25) is 5.02 Å². The molecule has 1 aromatic carbocycles. The number of hydrogen-bond donors (Lipinski definition) is 0. The van der Waals surface area contributed by atoms with Crippen molar-refractivity contribution >= 4 is 17.6 Å². The zero-order chi connectivity index (χ0) is 14.7. The highest BCUT2D eigenvalue weighted by molar-refractivity contribution is 6.30. The molecule has 0 amide bonds. The molecule has 0 atom stereocenters. The molecule has 106 valence electrons. The molecule has 1 aromatic heterocycles. The molecule has 0 fully saturated rings. The minimum atomic E-state index is -0.508. The van der Waals surface area contributed by atoms with Gasteiger partial charge in [-0.2, -0.15) is 0 Å². The summed E-state index contributed by atoms with van der Waals surface area (Å²) in [6.07, 6.45) is 1.53. The smallest absolute Gasteiger partial charge is 0.376 e. The predicted octanol–water partition coefficient (Wildman–Crippen LogP) is 4.04. The van der Waals surface area contributed by atoms with Crippen LogP contribution < -0.4 is 0 Å². The highest BCUT2D eigenvalue weighted by Crippen LogP contribution is 2.28. The Morgan fingerprint density at radius 1 is 1.45 bits per heavy atom. The van der Waals surface area contributed by atoms with Gasteiger partial charge in [0.2, 0.25) is 11.7 Å². The maximum absolute atomic E-state index is 11.7. The van der Waals surface area contributed by atoms with Gasteiger partial charge in [0.05, 0.1) is 12.8 Å². The van der Waals surface area contributed by atoms with Gasteiger partial charge in [-0.05, 0) is 31.0 Å². The van der Waals surface area contributed by atoms with Crippen LogP contribution in [-0.4, -0.2) is 18.1 Å². The van der Waals surface area contributed by atoms with Gasteiger partial charge in [-0.1, -0.05) is 31.0 Å². The van der Waals surface area contributed by atoms with Crippen molar-refractivity contribution in [3.63, 3.8) is 0 Å². The first kappa shape index (κ1) is 14.6. The van der Waals surface area contributed by atoms with E-state index in [-0.39, 0.29) is 5.76 Å². The summed E-state index contributed by atoms with van der Waals surface area (Å²) in [5.74, 6) is 0.0597. The Morgan fingerprint density at radius 2 is 2.20 bits per heavy atom. The summed E-state index contributed by atoms with van der Waals surface area (Å²) in [4.78, 5) is 16.1. The number of hydrogen-bond acceptors (Lipinski definition) is 4. The van der Waals surface area contributed by atoms with E-state index < -0.39 is 5.97 Å². The molecule has 0 spiro atoms. The molecule has 5 heteroatoms. The fourth-order valence-electron chi connectivity index (χ4n) is 1.95. The summed E-state index contributed by atoms with van der Waals surface area (Å²) in [6.45, 7) is 3.95. The highest BCUT2D eigenvalue weighted by atomic mass is 35.5. The number of carbonyl (C=O) groups is 1. The molecule has 0 unspecified atom stereocenters. The quantitative estimate of drug-likeness (QED) is 0.798. The Balaban J connectivity index is 2.52. The van der Waals surface area contributed by atoms with E-state index in [9.17, 15) is 4.79 Å². The van der Waals surface area contributed by atoms with Crippen LogP contribution in [0.4, 0.5) is 0 Å². The van der Waals surface area contributed by atoms with Gasteiger partial charge in [0.25, 0.3) is 0 Å². The monoisotopic (exact) mass is 293 g/mol. The van der Waals surface area contributed by atoms with Gasteiger partial charge in [-0.3, -0.25) is 0 Å². The Morgan fingerprint density at radius 3 is 2.85 bits per heavy atom. The van der Waals surface area contributed by atoms with Crippen molar-refractivity contribution in [1.29, 1.82) is 0 Å². The first-order valence-electron chi connectivity index (χ1n) is 6.41. The molecule has 0 aliphatic heterocycles. The number of aryl methyl sites for hydroxylation is 2. The maximum atomic E-state index is 11.7. The van der Waals surface area contributed by atoms with Crippen molar-refractivity contribution < 1.29 is 13.9 Å². The summed E-state index contributed by atoms with van der Waals surface area (Å²) in [7, 11) is 1.32. The number of carbonyl (C=O) groups excluding carboxylic acids is 1. The van der Waals surface area contributed by atoms with Crippen molar-refractivity contribution in [3.05, 3.63) is 40.2 Å². The Kier molecular flexibility index (Phi) is 4.45. The van der Waals surface area contributed by atoms with Gasteiger partial charge >= 0.3 is 5.97 Å². The number of benzene rings is 1. The molecule has 0 aliphatic rings. The van der Waals surface area contributed by atoms with Crippen molar-refractivity contribution in [1.82, 2.24) is 4.98 Å². The Labute approximate surface area is 122 Å². The van der Waals surface area contributed by atoms with Gasteiger partial charge in [0.1, 0.15) is 0 Å². The lowest BCUT2D eigenvalue weighted by atomic mass is 10.1. The third kappa shape index (κ3) is 2.85. The predicted molar refractivity (Wildman–Crippen MR) is 77.0 cm³/mol. The molecule has 0 N–H and O–H groups in total. The van der Waals surface area contributed by atoms with Gasteiger partial charge in [0.15, 0.2) is 0 Å². The van der Waals surface area contributed by atoms with Crippen LogP contribution in [-0.2, 0) is 11.2 Å². The number of ether oxygens (including phenoxy) is 1. The lowest BCUT2D eigenvalue weighted by Crippen LogP contribution is -2.03. The average Bonchev–Trinajstić information content (AvgIpc) is 2.85. The van der Waals surface area contributed by atoms with Crippen LogP contribution in [0.1, 0.15) is 35.2 Å². The van der Waals surface area contributed by atoms with E-state index in [1.165, 1.54) is 7.11 Å². The van der Waals surface area contributed by atoms with E-state index in [0.29, 0.717) is 23.0 Å². The number of halogens is 1. The molecule has 0 bridgehead atoms. The summed E-state index contributed by atoms with van der Waals surface area (Å²) in [6, 6.07) is 5.47. The molecule has 2 aromatic rings. The zero-order valence-electron chi connectivity index (χ0n) is 11.7. The van der Waals surface area contributed by atoms with Crippen LogP contribution in [0.5, 0.6) is 0 Å². The summed E-state index contributed by atoms with van der Waals surface area (Å²) in [5.41, 5.74) is 2.38. The molecule has 4 nitrogen and oxygen atoms in total. The number of rotatable bonds is 4. The standard InChI is InChI=1S/C15H16ClNO3/c1-4-5-12-13(15(18)19-3)20-14(17-12)11-8-10(16)7-6-9(11)2/h6-8H,4-5H2,1-3H3. The van der Waals surface area contributed by atoms with Crippen LogP contribution in [0.15, 0.2) is 22.6 Å². The SMILES string of the molecule is CCCc1nc(-c2cc(Cl)ccc2C)oc1C(=O)OC. The highest BCUT2D eigenvalue weighted by Gasteiger charge is 2.21. The molecular formula is C15H16ClNO3. The summed E-state index contributed by atoms with van der Waals surface area (Å²) in [5, 5.41) is 0.598. The number of esters is 1. The van der Waals surface area contributed by atoms with Gasteiger partial charge in [-0.25, -0.2) is 9.78 Å². The second kappa shape index (κ2) is 6.09. The van der Waals surface area contributed by atoms with Gasteiger partial charge in [0, 0.05) is 10.6 Å². The molecule has 2 rings (SSSR count). The first-order valence-corrected chi connectivity index (χ1v) is 6.79. The molecule has 20 heavy (non-hydrogen) atoms. The van der Waals surface area contributed by atoms with E-state index in [1.54, 1.807) is 12.1 Å². The lowest BCUT2D eigenvalue weighted by Gasteiger charge is -2.01. The summed E-state index contributed by atoms with van der Waals surface area (Å²) >= 11 is 6.00. The second-order valence-electron chi connectivity index (χ2n) is 4.50. The normalized spacial score (nSPS) is 10.6. The van der Waals surface area contributed by atoms with Crippen molar-refractivity contribution in [2.24, 2.45) is 0 Å². The van der Waals surface area contributed by atoms with E-state index in [1.807, 2.05) is 19.9 Å². The maximum Gasteiger partial charge on any atom is 0.376 e. The van der Waals surface area contributed by atoms with Crippen LogP contribution in [0.3, 0.4) is 0 Å². The largest absolute Gasteiger partial charge is 0.463 e. The van der Waals surface area contributed by atoms with Crippen molar-refractivity contribution in [2.75, 3.05) is 7.11 Å². The fourth-order valence-corrected chi connectivity index (χ4v) is 2.12. The number of aromatic nitrogens is 1. The third-order valence-electron chi connectivity index (χ3n) is 2.98. The van der Waals surface area contributed by atoms with E-state index >= 15 is 0 Å². The molecule has 0 aliphatic carbocycles. The van der Waals surface area contributed by atoms with Crippen LogP contribution in [0, 0.1) is 6.92 Å². The van der Waals surface area contributed by atoms with Gasteiger partial charge < -0.3 is 9.15 Å². The van der Waals surface area contributed by atoms with E-state index in [0.717, 1.165) is 17.5 Å². The molecular weight excluding hydrogens is 278 g/mol. The molecule has 0 saturated heterocycles. The van der Waals surface area contributed by atoms with E-state index in [4.69, 9.17) is 20.8 Å². The summed E-state index contributed by atoms with van der Waals surface area (Å²) < 4.78 is 10.3. The van der Waals surface area contributed by atoms with Crippen molar-refractivity contribution in [2.45, 2.75) is 26.7 Å². The van der Waals surface area contributed by atoms with Gasteiger partial charge in [-0.15, -0.1) is 0 Å². The Hall–Kier alpha value is -1.81. The third-order valence-corrected chi connectivity index (χ3v) is 3.22. The van der Waals surface area contributed by atoms with Crippen LogP contribution >= 0.6 is 11.6 Å². The minimum Gasteiger partial charge on any atom is -0.463 e. The molecule has 0 saturated carbocycles.